The van der Waals surface area contributed by atoms with Gasteiger partial charge in [-0.2, -0.15) is 0 Å². The number of hydrogen-bond donors (Lipinski definition) is 1. The molecule has 0 unspecified atom stereocenters. The van der Waals surface area contributed by atoms with Crippen LogP contribution in [0.4, 0.5) is 0 Å². The van der Waals surface area contributed by atoms with Crippen molar-refractivity contribution in [1.29, 1.82) is 0 Å². The molecule has 0 fully saturated rings. The summed E-state index contributed by atoms with van der Waals surface area (Å²) >= 11 is 0. The van der Waals surface area contributed by atoms with E-state index in [1.165, 1.54) is 17.4 Å². The Hall–Kier alpha value is -1.50. The van der Waals surface area contributed by atoms with E-state index in [4.69, 9.17) is 0 Å². The van der Waals surface area contributed by atoms with Crippen molar-refractivity contribution in [2.75, 3.05) is 0 Å². The average Bonchev–Trinajstić information content (AvgIpc) is 2.20. The average molecular weight is 202 g/mol. The quantitative estimate of drug-likeness (QED) is 0.676. The minimum absolute atomic E-state index is 0.325. The molecule has 2 aromatic carbocycles. The number of phenols is 1. The molecule has 0 saturated carbocycles. The largest absolute Gasteiger partial charge is 0.508 e. The standard InChI is InChI=1S/C11H10O.C3H8/c1-8-2-3-10-7-11(12)5-4-9(10)6-8;1-3-2/h2-7,12H,1H3;3H2,1-2H3. The molecule has 0 spiro atoms. The molecule has 0 heterocycles. The number of aromatic hydroxyl groups is 1. The van der Waals surface area contributed by atoms with Gasteiger partial charge in [0, 0.05) is 0 Å². The fourth-order valence-electron chi connectivity index (χ4n) is 1.35. The van der Waals surface area contributed by atoms with E-state index in [0.29, 0.717) is 5.75 Å². The number of hydrogen-bond acceptors (Lipinski definition) is 1. The van der Waals surface area contributed by atoms with Crippen LogP contribution in [0.15, 0.2) is 36.4 Å². The molecule has 0 radical (unpaired) electrons. The molecule has 0 amide bonds. The van der Waals surface area contributed by atoms with E-state index in [-0.39, 0.29) is 0 Å². The lowest BCUT2D eigenvalue weighted by Crippen LogP contribution is -1.74. The second kappa shape index (κ2) is 5.40. The van der Waals surface area contributed by atoms with Gasteiger partial charge in [0.05, 0.1) is 0 Å². The molecule has 0 aliphatic heterocycles. The van der Waals surface area contributed by atoms with Crippen molar-refractivity contribution < 1.29 is 5.11 Å². The van der Waals surface area contributed by atoms with Crippen molar-refractivity contribution in [1.82, 2.24) is 0 Å². The predicted octanol–water partition coefficient (Wildman–Crippen LogP) is 4.27. The highest BCUT2D eigenvalue weighted by atomic mass is 16.3. The van der Waals surface area contributed by atoms with Crippen molar-refractivity contribution in [3.8, 4) is 5.75 Å². The number of phenolic OH excluding ortho intramolecular Hbond substituents is 1. The molecule has 2 aromatic rings. The fraction of sp³-hybridized carbons (Fsp3) is 0.286. The van der Waals surface area contributed by atoms with E-state index >= 15 is 0 Å². The third kappa shape index (κ3) is 3.28. The number of aryl methyl sites for hydroxylation is 1. The zero-order valence-corrected chi connectivity index (χ0v) is 9.62. The Bertz CT molecular complexity index is 391. The van der Waals surface area contributed by atoms with Crippen molar-refractivity contribution in [2.24, 2.45) is 0 Å². The maximum absolute atomic E-state index is 9.20. The molecule has 0 aromatic heterocycles. The Balaban J connectivity index is 0.000000337. The molecule has 0 atom stereocenters. The molecule has 15 heavy (non-hydrogen) atoms. The zero-order chi connectivity index (χ0) is 11.3. The molecule has 0 bridgehead atoms. The van der Waals surface area contributed by atoms with Crippen LogP contribution >= 0.6 is 0 Å². The van der Waals surface area contributed by atoms with Gasteiger partial charge in [0.15, 0.2) is 0 Å². The highest BCUT2D eigenvalue weighted by Gasteiger charge is 1.93. The second-order valence-electron chi connectivity index (χ2n) is 3.74. The van der Waals surface area contributed by atoms with Gasteiger partial charge in [-0.1, -0.05) is 50.1 Å². The Morgan fingerprint density at radius 2 is 1.47 bits per heavy atom. The van der Waals surface area contributed by atoms with Gasteiger partial charge in [0.1, 0.15) is 5.75 Å². The lowest BCUT2D eigenvalue weighted by Gasteiger charge is -1.99. The van der Waals surface area contributed by atoms with Crippen molar-refractivity contribution in [3.63, 3.8) is 0 Å². The van der Waals surface area contributed by atoms with Gasteiger partial charge in [-0.15, -0.1) is 0 Å². The summed E-state index contributed by atoms with van der Waals surface area (Å²) in [5.74, 6) is 0.325. The molecule has 0 aliphatic carbocycles. The Kier molecular flexibility index (Phi) is 4.17. The highest BCUT2D eigenvalue weighted by molar-refractivity contribution is 5.84. The van der Waals surface area contributed by atoms with Gasteiger partial charge in [0.25, 0.3) is 0 Å². The van der Waals surface area contributed by atoms with Gasteiger partial charge in [-0.05, 0) is 29.8 Å². The van der Waals surface area contributed by atoms with E-state index in [1.807, 2.05) is 18.2 Å². The van der Waals surface area contributed by atoms with Crippen molar-refractivity contribution in [3.05, 3.63) is 42.0 Å². The van der Waals surface area contributed by atoms with Crippen LogP contribution in [0.3, 0.4) is 0 Å². The maximum atomic E-state index is 9.20. The van der Waals surface area contributed by atoms with E-state index in [1.54, 1.807) is 12.1 Å². The summed E-state index contributed by atoms with van der Waals surface area (Å²) in [4.78, 5) is 0. The van der Waals surface area contributed by atoms with Crippen LogP contribution in [-0.2, 0) is 0 Å². The number of benzene rings is 2. The monoisotopic (exact) mass is 202 g/mol. The van der Waals surface area contributed by atoms with Crippen molar-refractivity contribution >= 4 is 10.8 Å². The normalized spacial score (nSPS) is 9.53. The van der Waals surface area contributed by atoms with Crippen LogP contribution < -0.4 is 0 Å². The molecule has 1 N–H and O–H groups in total. The molecule has 1 nitrogen and oxygen atoms in total. The summed E-state index contributed by atoms with van der Waals surface area (Å²) in [5, 5.41) is 11.5. The smallest absolute Gasteiger partial charge is 0.116 e. The van der Waals surface area contributed by atoms with Gasteiger partial charge in [-0.25, -0.2) is 0 Å². The molecular weight excluding hydrogens is 184 g/mol. The number of fused-ring (bicyclic) bond motifs is 1. The Morgan fingerprint density at radius 3 is 2.13 bits per heavy atom. The molecule has 0 aliphatic rings. The molecule has 2 rings (SSSR count). The van der Waals surface area contributed by atoms with Gasteiger partial charge in [-0.3, -0.25) is 0 Å². The van der Waals surface area contributed by atoms with E-state index in [0.717, 1.165) is 5.39 Å². The van der Waals surface area contributed by atoms with Crippen LogP contribution in [0, 0.1) is 6.92 Å². The Labute approximate surface area is 91.4 Å². The van der Waals surface area contributed by atoms with Crippen molar-refractivity contribution in [2.45, 2.75) is 27.2 Å². The minimum Gasteiger partial charge on any atom is -0.508 e. The van der Waals surface area contributed by atoms with E-state index < -0.39 is 0 Å². The van der Waals surface area contributed by atoms with Crippen LogP contribution in [0.1, 0.15) is 25.8 Å². The number of rotatable bonds is 0. The summed E-state index contributed by atoms with van der Waals surface area (Å²) in [6, 6.07) is 11.6. The second-order valence-corrected chi connectivity index (χ2v) is 3.74. The van der Waals surface area contributed by atoms with Crippen LogP contribution in [-0.4, -0.2) is 5.11 Å². The minimum atomic E-state index is 0.325. The first-order chi connectivity index (χ1) is 7.17. The zero-order valence-electron chi connectivity index (χ0n) is 9.62. The molecule has 80 valence electrons. The predicted molar refractivity (Wildman–Crippen MR) is 66.3 cm³/mol. The van der Waals surface area contributed by atoms with Gasteiger partial charge in [0.2, 0.25) is 0 Å². The van der Waals surface area contributed by atoms with Gasteiger partial charge < -0.3 is 5.11 Å². The summed E-state index contributed by atoms with van der Waals surface area (Å²) < 4.78 is 0. The first-order valence-electron chi connectivity index (χ1n) is 5.36. The summed E-state index contributed by atoms with van der Waals surface area (Å²) in [6.07, 6.45) is 1.25. The fourth-order valence-corrected chi connectivity index (χ4v) is 1.35. The first kappa shape index (κ1) is 11.6. The SMILES string of the molecule is CCC.Cc1ccc2cc(O)ccc2c1. The summed E-state index contributed by atoms with van der Waals surface area (Å²) in [5.41, 5.74) is 1.24. The molecule has 1 heteroatoms. The lowest BCUT2D eigenvalue weighted by atomic mass is 10.1. The van der Waals surface area contributed by atoms with Crippen LogP contribution in [0.25, 0.3) is 10.8 Å². The van der Waals surface area contributed by atoms with E-state index in [9.17, 15) is 5.11 Å². The Morgan fingerprint density at radius 1 is 0.933 bits per heavy atom. The summed E-state index contributed by atoms with van der Waals surface area (Å²) in [6.45, 7) is 6.31. The lowest BCUT2D eigenvalue weighted by molar-refractivity contribution is 0.476. The maximum Gasteiger partial charge on any atom is 0.116 e. The molecular formula is C14H18O. The van der Waals surface area contributed by atoms with Crippen LogP contribution in [0.2, 0.25) is 0 Å². The summed E-state index contributed by atoms with van der Waals surface area (Å²) in [7, 11) is 0. The molecule has 0 saturated heterocycles. The van der Waals surface area contributed by atoms with E-state index in [2.05, 4.69) is 26.8 Å². The third-order valence-electron chi connectivity index (χ3n) is 1.98. The topological polar surface area (TPSA) is 20.2 Å². The third-order valence-corrected chi connectivity index (χ3v) is 1.98. The van der Waals surface area contributed by atoms with Crippen LogP contribution in [0.5, 0.6) is 5.75 Å². The first-order valence-corrected chi connectivity index (χ1v) is 5.36. The highest BCUT2D eigenvalue weighted by Crippen LogP contribution is 2.20. The van der Waals surface area contributed by atoms with Gasteiger partial charge >= 0.3 is 0 Å².